The zero-order valence-corrected chi connectivity index (χ0v) is 15.4. The van der Waals surface area contributed by atoms with Crippen molar-refractivity contribution in [2.24, 2.45) is 0 Å². The maximum Gasteiger partial charge on any atom is 0.253 e. The number of benzene rings is 2. The summed E-state index contributed by atoms with van der Waals surface area (Å²) in [5, 5.41) is 6.95. The van der Waals surface area contributed by atoms with Crippen LogP contribution < -0.4 is 10.6 Å². The van der Waals surface area contributed by atoms with Crippen LogP contribution in [0, 0.1) is 0 Å². The Bertz CT molecular complexity index is 935. The van der Waals surface area contributed by atoms with E-state index >= 15 is 0 Å². The Morgan fingerprint density at radius 2 is 1.88 bits per heavy atom. The predicted octanol–water partition coefficient (Wildman–Crippen LogP) is 4.35. The summed E-state index contributed by atoms with van der Waals surface area (Å²) >= 11 is 11.8. The van der Waals surface area contributed by atoms with E-state index in [1.165, 1.54) is 12.1 Å². The second kappa shape index (κ2) is 7.81. The average Bonchev–Trinajstić information content (AvgIpc) is 3.04. The molecule has 7 heteroatoms. The van der Waals surface area contributed by atoms with E-state index in [0.717, 1.165) is 11.0 Å². The molecule has 0 fully saturated rings. The van der Waals surface area contributed by atoms with Crippen molar-refractivity contribution in [2.75, 3.05) is 6.54 Å². The molecule has 0 aliphatic rings. The third kappa shape index (κ3) is 4.18. The molecule has 1 heterocycles. The Balaban J connectivity index is 1.57. The van der Waals surface area contributed by atoms with E-state index in [4.69, 9.17) is 27.6 Å². The summed E-state index contributed by atoms with van der Waals surface area (Å²) in [6.45, 7) is 1.63. The molecular weight excluding hydrogens is 375 g/mol. The topological polar surface area (TPSA) is 71.3 Å². The van der Waals surface area contributed by atoms with Crippen LogP contribution in [0.15, 0.2) is 52.9 Å². The standard InChI is InChI=1S/C19H16Cl2N2O3/c1-11(17-8-12-4-2-3-5-16(12)26-17)23-18(24)10-22-19(25)14-7-6-13(20)9-15(14)21/h2-9,11H,10H2,1H3,(H,22,25)(H,23,24)/t11-/m1/s1. The molecule has 0 saturated carbocycles. The lowest BCUT2D eigenvalue weighted by Crippen LogP contribution is -2.38. The first-order valence-corrected chi connectivity index (χ1v) is 8.70. The van der Waals surface area contributed by atoms with E-state index in [2.05, 4.69) is 10.6 Å². The normalized spacial score (nSPS) is 12.0. The second-order valence-electron chi connectivity index (χ2n) is 5.78. The summed E-state index contributed by atoms with van der Waals surface area (Å²) in [7, 11) is 0. The molecule has 1 aromatic heterocycles. The highest BCUT2D eigenvalue weighted by atomic mass is 35.5. The molecular formula is C19H16Cl2N2O3. The zero-order valence-electron chi connectivity index (χ0n) is 13.9. The lowest BCUT2D eigenvalue weighted by Gasteiger charge is -2.12. The molecule has 1 atom stereocenters. The van der Waals surface area contributed by atoms with Crippen LogP contribution in [0.2, 0.25) is 10.0 Å². The molecule has 26 heavy (non-hydrogen) atoms. The van der Waals surface area contributed by atoms with Crippen molar-refractivity contribution >= 4 is 46.0 Å². The van der Waals surface area contributed by atoms with Crippen LogP contribution in [0.3, 0.4) is 0 Å². The van der Waals surface area contributed by atoms with Gasteiger partial charge in [0.25, 0.3) is 5.91 Å². The fourth-order valence-corrected chi connectivity index (χ4v) is 3.00. The molecule has 0 bridgehead atoms. The first kappa shape index (κ1) is 18.3. The molecule has 0 aliphatic heterocycles. The number of halogens is 2. The number of amides is 2. The van der Waals surface area contributed by atoms with Gasteiger partial charge in [0.05, 0.1) is 23.2 Å². The number of furan rings is 1. The van der Waals surface area contributed by atoms with Crippen LogP contribution in [0.1, 0.15) is 29.1 Å². The highest BCUT2D eigenvalue weighted by Gasteiger charge is 2.16. The van der Waals surface area contributed by atoms with Crippen LogP contribution in [-0.4, -0.2) is 18.4 Å². The van der Waals surface area contributed by atoms with Gasteiger partial charge in [-0.2, -0.15) is 0 Å². The Labute approximate surface area is 160 Å². The van der Waals surface area contributed by atoms with Crippen molar-refractivity contribution in [3.05, 3.63) is 69.9 Å². The minimum Gasteiger partial charge on any atom is -0.459 e. The quantitative estimate of drug-likeness (QED) is 0.680. The van der Waals surface area contributed by atoms with Crippen molar-refractivity contribution in [2.45, 2.75) is 13.0 Å². The molecule has 2 amide bonds. The predicted molar refractivity (Wildman–Crippen MR) is 102 cm³/mol. The number of rotatable bonds is 5. The summed E-state index contributed by atoms with van der Waals surface area (Å²) in [6.07, 6.45) is 0. The van der Waals surface area contributed by atoms with Crippen LogP contribution in [0.4, 0.5) is 0 Å². The summed E-state index contributed by atoms with van der Waals surface area (Å²) in [4.78, 5) is 24.2. The molecule has 2 aromatic carbocycles. The van der Waals surface area contributed by atoms with Crippen LogP contribution in [0.25, 0.3) is 11.0 Å². The molecule has 0 spiro atoms. The van der Waals surface area contributed by atoms with Crippen molar-refractivity contribution in [1.82, 2.24) is 10.6 Å². The minimum absolute atomic E-state index is 0.178. The van der Waals surface area contributed by atoms with Gasteiger partial charge in [-0.15, -0.1) is 0 Å². The summed E-state index contributed by atoms with van der Waals surface area (Å²) in [5.41, 5.74) is 1.02. The molecule has 3 aromatic rings. The Morgan fingerprint density at radius 1 is 1.12 bits per heavy atom. The molecule has 3 rings (SSSR count). The molecule has 0 aliphatic carbocycles. The van der Waals surface area contributed by atoms with Gasteiger partial charge >= 0.3 is 0 Å². The number of carbonyl (C=O) groups is 2. The Morgan fingerprint density at radius 3 is 2.62 bits per heavy atom. The molecule has 2 N–H and O–H groups in total. The highest BCUT2D eigenvalue weighted by Crippen LogP contribution is 2.23. The number of fused-ring (bicyclic) bond motifs is 1. The summed E-state index contributed by atoms with van der Waals surface area (Å²) in [6, 6.07) is 13.7. The van der Waals surface area contributed by atoms with E-state index in [9.17, 15) is 9.59 Å². The van der Waals surface area contributed by atoms with Crippen molar-refractivity contribution in [1.29, 1.82) is 0 Å². The van der Waals surface area contributed by atoms with Crippen molar-refractivity contribution in [3.8, 4) is 0 Å². The number of carbonyl (C=O) groups excluding carboxylic acids is 2. The zero-order chi connectivity index (χ0) is 18.7. The maximum atomic E-state index is 12.1. The fraction of sp³-hybridized carbons (Fsp3) is 0.158. The van der Waals surface area contributed by atoms with Crippen molar-refractivity contribution in [3.63, 3.8) is 0 Å². The van der Waals surface area contributed by atoms with Gasteiger partial charge in [-0.05, 0) is 37.3 Å². The van der Waals surface area contributed by atoms with Crippen LogP contribution >= 0.6 is 23.2 Å². The van der Waals surface area contributed by atoms with E-state index in [1.54, 1.807) is 6.07 Å². The fourth-order valence-electron chi connectivity index (χ4n) is 2.51. The van der Waals surface area contributed by atoms with Crippen LogP contribution in [-0.2, 0) is 4.79 Å². The van der Waals surface area contributed by atoms with Gasteiger partial charge in [-0.3, -0.25) is 9.59 Å². The van der Waals surface area contributed by atoms with E-state index in [-0.39, 0.29) is 29.1 Å². The van der Waals surface area contributed by atoms with E-state index < -0.39 is 5.91 Å². The monoisotopic (exact) mass is 390 g/mol. The van der Waals surface area contributed by atoms with Gasteiger partial charge in [-0.25, -0.2) is 0 Å². The summed E-state index contributed by atoms with van der Waals surface area (Å²) in [5.74, 6) is -0.138. The molecule has 134 valence electrons. The number of hydrogen-bond acceptors (Lipinski definition) is 3. The largest absolute Gasteiger partial charge is 0.459 e. The smallest absolute Gasteiger partial charge is 0.253 e. The first-order chi connectivity index (χ1) is 12.4. The first-order valence-electron chi connectivity index (χ1n) is 7.95. The minimum atomic E-state index is -0.446. The third-order valence-electron chi connectivity index (χ3n) is 3.83. The third-order valence-corrected chi connectivity index (χ3v) is 4.38. The summed E-state index contributed by atoms with van der Waals surface area (Å²) < 4.78 is 5.72. The number of para-hydroxylation sites is 1. The Hall–Kier alpha value is -2.50. The van der Waals surface area contributed by atoms with E-state index in [1.807, 2.05) is 37.3 Å². The SMILES string of the molecule is C[C@@H](NC(=O)CNC(=O)c1ccc(Cl)cc1Cl)c1cc2ccccc2o1. The number of hydrogen-bond donors (Lipinski definition) is 2. The lowest BCUT2D eigenvalue weighted by atomic mass is 10.2. The lowest BCUT2D eigenvalue weighted by molar-refractivity contribution is -0.120. The van der Waals surface area contributed by atoms with Crippen molar-refractivity contribution < 1.29 is 14.0 Å². The van der Waals surface area contributed by atoms with Gasteiger partial charge < -0.3 is 15.1 Å². The Kier molecular flexibility index (Phi) is 5.49. The second-order valence-corrected chi connectivity index (χ2v) is 6.63. The average molecular weight is 391 g/mol. The van der Waals surface area contributed by atoms with Gasteiger partial charge in [0.15, 0.2) is 0 Å². The van der Waals surface area contributed by atoms with E-state index in [0.29, 0.717) is 10.8 Å². The van der Waals surface area contributed by atoms with Gasteiger partial charge in [0.1, 0.15) is 11.3 Å². The van der Waals surface area contributed by atoms with Crippen LogP contribution in [0.5, 0.6) is 0 Å². The van der Waals surface area contributed by atoms with Gasteiger partial charge in [0, 0.05) is 10.4 Å². The van der Waals surface area contributed by atoms with Gasteiger partial charge in [0.2, 0.25) is 5.91 Å². The maximum absolute atomic E-state index is 12.1. The molecule has 5 nitrogen and oxygen atoms in total. The molecule has 0 unspecified atom stereocenters. The highest BCUT2D eigenvalue weighted by molar-refractivity contribution is 6.36. The molecule has 0 radical (unpaired) electrons. The number of nitrogens with one attached hydrogen (secondary N) is 2. The molecule has 0 saturated heterocycles. The van der Waals surface area contributed by atoms with Gasteiger partial charge in [-0.1, -0.05) is 41.4 Å².